The van der Waals surface area contributed by atoms with Crippen LogP contribution in [0.4, 0.5) is 10.2 Å². The number of benzene rings is 2. The minimum absolute atomic E-state index is 0.0107. The van der Waals surface area contributed by atoms with Gasteiger partial charge in [-0.25, -0.2) is 14.4 Å². The zero-order valence-corrected chi connectivity index (χ0v) is 23.2. The van der Waals surface area contributed by atoms with Gasteiger partial charge in [-0.15, -0.1) is 0 Å². The molecule has 2 unspecified atom stereocenters. The smallest absolute Gasteiger partial charge is 0.145 e. The number of anilines is 1. The number of hydrogen-bond donors (Lipinski definition) is 1. The lowest BCUT2D eigenvalue weighted by Gasteiger charge is -2.29. The van der Waals surface area contributed by atoms with Crippen LogP contribution in [-0.4, -0.2) is 28.8 Å². The maximum Gasteiger partial charge on any atom is 0.145 e. The molecule has 36 heavy (non-hydrogen) atoms. The summed E-state index contributed by atoms with van der Waals surface area (Å²) in [5, 5.41) is 4.53. The van der Waals surface area contributed by atoms with Crippen LogP contribution in [-0.2, 0) is 0 Å². The Labute approximate surface area is 215 Å². The number of methoxy groups -OCH3 is 1. The first kappa shape index (κ1) is 29.0. The largest absolute Gasteiger partial charge is 0.494 e. The van der Waals surface area contributed by atoms with E-state index >= 15 is 0 Å². The molecule has 5 nitrogen and oxygen atoms in total. The Morgan fingerprint density at radius 3 is 2.31 bits per heavy atom. The second kappa shape index (κ2) is 13.7. The first-order valence-corrected chi connectivity index (χ1v) is 12.9. The summed E-state index contributed by atoms with van der Waals surface area (Å²) in [6, 6.07) is 10.4. The highest BCUT2D eigenvalue weighted by atomic mass is 19.1. The highest BCUT2D eigenvalue weighted by Crippen LogP contribution is 2.35. The van der Waals surface area contributed by atoms with Gasteiger partial charge in [-0.3, -0.25) is 4.99 Å². The first-order valence-electron chi connectivity index (χ1n) is 12.9. The van der Waals surface area contributed by atoms with Crippen LogP contribution in [0.25, 0.3) is 22.0 Å². The molecular formula is C30H41FN4O. The van der Waals surface area contributed by atoms with Crippen molar-refractivity contribution < 1.29 is 9.13 Å². The topological polar surface area (TPSA) is 59.4 Å². The molecule has 0 fully saturated rings. The van der Waals surface area contributed by atoms with E-state index in [2.05, 4.69) is 43.0 Å². The summed E-state index contributed by atoms with van der Waals surface area (Å²) in [4.78, 5) is 14.1. The Morgan fingerprint density at radius 1 is 1.08 bits per heavy atom. The quantitative estimate of drug-likeness (QED) is 0.305. The van der Waals surface area contributed by atoms with Crippen molar-refractivity contribution in [2.45, 2.75) is 67.9 Å². The van der Waals surface area contributed by atoms with Gasteiger partial charge in [0.1, 0.15) is 29.2 Å². The molecule has 0 saturated heterocycles. The van der Waals surface area contributed by atoms with Gasteiger partial charge in [-0.2, -0.15) is 0 Å². The first-order chi connectivity index (χ1) is 17.3. The van der Waals surface area contributed by atoms with Gasteiger partial charge >= 0.3 is 0 Å². The van der Waals surface area contributed by atoms with Crippen molar-refractivity contribution in [2.75, 3.05) is 12.4 Å². The van der Waals surface area contributed by atoms with Crippen LogP contribution in [0.3, 0.4) is 0 Å². The number of aromatic nitrogens is 2. The number of nitrogens with one attached hydrogen (secondary N) is 1. The van der Waals surface area contributed by atoms with Crippen LogP contribution in [0.1, 0.15) is 61.8 Å². The summed E-state index contributed by atoms with van der Waals surface area (Å²) in [5.41, 5.74) is 4.63. The number of hydrogen-bond acceptors (Lipinski definition) is 5. The van der Waals surface area contributed by atoms with Gasteiger partial charge in [-0.05, 0) is 67.5 Å². The Kier molecular flexibility index (Phi) is 11.0. The third-order valence-electron chi connectivity index (χ3n) is 6.22. The van der Waals surface area contributed by atoms with E-state index in [4.69, 9.17) is 9.73 Å². The molecule has 0 bridgehead atoms. The molecule has 1 heterocycles. The number of rotatable bonds is 9. The molecule has 1 aromatic heterocycles. The zero-order valence-electron chi connectivity index (χ0n) is 23.2. The van der Waals surface area contributed by atoms with E-state index < -0.39 is 0 Å². The van der Waals surface area contributed by atoms with Gasteiger partial charge in [0.05, 0.1) is 13.2 Å². The summed E-state index contributed by atoms with van der Waals surface area (Å²) in [6.07, 6.45) is 4.58. The second-order valence-corrected chi connectivity index (χ2v) is 8.95. The summed E-state index contributed by atoms with van der Waals surface area (Å²) < 4.78 is 19.2. The molecule has 0 radical (unpaired) electrons. The van der Waals surface area contributed by atoms with Gasteiger partial charge in [-0.1, -0.05) is 59.8 Å². The molecular weight excluding hydrogens is 451 g/mol. The van der Waals surface area contributed by atoms with Crippen molar-refractivity contribution in [3.8, 4) is 16.9 Å². The van der Waals surface area contributed by atoms with E-state index in [9.17, 15) is 4.39 Å². The Hall–Kier alpha value is -3.28. The van der Waals surface area contributed by atoms with E-state index in [1.807, 2.05) is 45.9 Å². The van der Waals surface area contributed by atoms with Crippen LogP contribution in [0.15, 0.2) is 59.5 Å². The average Bonchev–Trinajstić information content (AvgIpc) is 2.90. The molecule has 0 aliphatic rings. The van der Waals surface area contributed by atoms with Crippen molar-refractivity contribution in [3.63, 3.8) is 0 Å². The summed E-state index contributed by atoms with van der Waals surface area (Å²) in [7, 11) is 1.63. The summed E-state index contributed by atoms with van der Waals surface area (Å²) in [6.45, 7) is 16.8. The van der Waals surface area contributed by atoms with E-state index in [1.54, 1.807) is 25.6 Å². The monoisotopic (exact) mass is 492 g/mol. The molecule has 2 aromatic carbocycles. The average molecular weight is 493 g/mol. The fourth-order valence-electron chi connectivity index (χ4n) is 3.91. The molecule has 3 rings (SSSR count). The lowest BCUT2D eigenvalue weighted by Crippen LogP contribution is -2.38. The molecule has 3 aromatic rings. The van der Waals surface area contributed by atoms with Crippen LogP contribution in [0.2, 0.25) is 0 Å². The maximum absolute atomic E-state index is 13.5. The molecule has 0 spiro atoms. The standard InChI is InChI=1S/C28H35FN4O.C2H6/c1-8-18(5)26(32-19(6)9-2)25(17(3)4)33-28-23-14-21(20-10-12-22(29)13-11-20)15-24(34-7)27(23)30-16-31-28;1-2/h9-18,25H,8H2,1-7H3,(H,30,31,33);1-2H3/b19-9-,32-26?;. The number of aliphatic imine (C=N–C) groups is 1. The highest BCUT2D eigenvalue weighted by molar-refractivity contribution is 5.99. The number of halogens is 1. The van der Waals surface area contributed by atoms with Crippen LogP contribution < -0.4 is 10.1 Å². The lowest BCUT2D eigenvalue weighted by molar-refractivity contribution is 0.419. The van der Waals surface area contributed by atoms with Gasteiger partial charge in [0.25, 0.3) is 0 Å². The number of ether oxygens (including phenoxy) is 1. The van der Waals surface area contributed by atoms with Gasteiger partial charge in [0.15, 0.2) is 0 Å². The van der Waals surface area contributed by atoms with Crippen molar-refractivity contribution in [2.24, 2.45) is 16.8 Å². The molecule has 0 saturated carbocycles. The lowest BCUT2D eigenvalue weighted by atomic mass is 9.89. The molecule has 1 N–H and O–H groups in total. The molecule has 194 valence electrons. The van der Waals surface area contributed by atoms with E-state index in [0.29, 0.717) is 11.7 Å². The fourth-order valence-corrected chi connectivity index (χ4v) is 3.91. The van der Waals surface area contributed by atoms with Gasteiger partial charge in [0, 0.05) is 16.8 Å². The van der Waals surface area contributed by atoms with Crippen molar-refractivity contribution in [3.05, 3.63) is 60.3 Å². The summed E-state index contributed by atoms with van der Waals surface area (Å²) in [5.74, 6) is 1.69. The number of fused-ring (bicyclic) bond motifs is 1. The fraction of sp³-hybridized carbons (Fsp3) is 0.433. The van der Waals surface area contributed by atoms with Crippen LogP contribution >= 0.6 is 0 Å². The van der Waals surface area contributed by atoms with Crippen LogP contribution in [0, 0.1) is 17.7 Å². The summed E-state index contributed by atoms with van der Waals surface area (Å²) >= 11 is 0. The Bertz CT molecular complexity index is 1190. The highest BCUT2D eigenvalue weighted by Gasteiger charge is 2.25. The molecule has 2 atom stereocenters. The molecule has 0 aliphatic carbocycles. The minimum atomic E-state index is -0.268. The second-order valence-electron chi connectivity index (χ2n) is 8.95. The third kappa shape index (κ3) is 6.90. The van der Waals surface area contributed by atoms with E-state index in [1.165, 1.54) is 12.1 Å². The van der Waals surface area contributed by atoms with Crippen molar-refractivity contribution >= 4 is 22.4 Å². The van der Waals surface area contributed by atoms with Crippen molar-refractivity contribution in [1.82, 2.24) is 9.97 Å². The maximum atomic E-state index is 13.5. The number of nitrogens with zero attached hydrogens (tertiary/aromatic N) is 3. The van der Waals surface area contributed by atoms with E-state index in [-0.39, 0.29) is 17.8 Å². The predicted molar refractivity (Wildman–Crippen MR) is 151 cm³/mol. The Balaban J connectivity index is 0.00000222. The molecule has 0 aliphatic heterocycles. The van der Waals surface area contributed by atoms with Gasteiger partial charge in [0.2, 0.25) is 0 Å². The Morgan fingerprint density at radius 2 is 1.75 bits per heavy atom. The van der Waals surface area contributed by atoms with Crippen molar-refractivity contribution in [1.29, 1.82) is 0 Å². The third-order valence-corrected chi connectivity index (χ3v) is 6.22. The van der Waals surface area contributed by atoms with Crippen LogP contribution in [0.5, 0.6) is 5.75 Å². The minimum Gasteiger partial charge on any atom is -0.494 e. The molecule has 6 heteroatoms. The molecule has 0 amide bonds. The SMILES string of the molecule is C/C=C(/C)N=C(C(C)CC)C(Nc1ncnc2c(OC)cc(-c3ccc(F)cc3)cc12)C(C)C.CC. The normalized spacial score (nSPS) is 13.8. The van der Waals surface area contributed by atoms with Gasteiger partial charge < -0.3 is 10.1 Å². The zero-order chi connectivity index (χ0) is 26.8. The van der Waals surface area contributed by atoms with E-state index in [0.717, 1.165) is 45.7 Å². The number of allylic oxidation sites excluding steroid dienone is 2. The predicted octanol–water partition coefficient (Wildman–Crippen LogP) is 8.32.